The van der Waals surface area contributed by atoms with Gasteiger partial charge in [-0.05, 0) is 18.4 Å². The molecule has 2 rings (SSSR count). The van der Waals surface area contributed by atoms with Crippen LogP contribution >= 0.6 is 0 Å². The van der Waals surface area contributed by atoms with Gasteiger partial charge in [-0.25, -0.2) is 4.68 Å². The fourth-order valence-corrected chi connectivity index (χ4v) is 2.22. The van der Waals surface area contributed by atoms with E-state index in [-0.39, 0.29) is 17.9 Å². The molecular formula is C15H15N3O4. The standard InChI is InChI=1S/C15H15N3O4/c1-3-10-11(6-16)15(21)18(17-12(10)4-2)7-9-5-13(19)14(20)8-22-9/h5,8,20H,3-4,7H2,1-2H3. The van der Waals surface area contributed by atoms with Gasteiger partial charge in [0.1, 0.15) is 30.2 Å². The molecule has 2 aromatic heterocycles. The van der Waals surface area contributed by atoms with Crippen LogP contribution < -0.4 is 11.0 Å². The van der Waals surface area contributed by atoms with Crippen molar-refractivity contribution in [2.45, 2.75) is 33.2 Å². The van der Waals surface area contributed by atoms with Crippen LogP contribution in [0.4, 0.5) is 0 Å². The Bertz CT molecular complexity index is 859. The van der Waals surface area contributed by atoms with Gasteiger partial charge in [-0.1, -0.05) is 13.8 Å². The fraction of sp³-hybridized carbons (Fsp3) is 0.333. The quantitative estimate of drug-likeness (QED) is 0.900. The first kappa shape index (κ1) is 15.5. The number of nitrogens with zero attached hydrogens (tertiary/aromatic N) is 3. The Kier molecular flexibility index (Phi) is 4.41. The van der Waals surface area contributed by atoms with Gasteiger partial charge < -0.3 is 9.52 Å². The third-order valence-electron chi connectivity index (χ3n) is 3.31. The first-order valence-corrected chi connectivity index (χ1v) is 6.85. The number of aromatic hydroxyl groups is 1. The topological polar surface area (TPSA) is 109 Å². The van der Waals surface area contributed by atoms with Crippen molar-refractivity contribution in [1.82, 2.24) is 9.78 Å². The smallest absolute Gasteiger partial charge is 0.285 e. The summed E-state index contributed by atoms with van der Waals surface area (Å²) in [4.78, 5) is 23.7. The maximum atomic E-state index is 12.3. The molecule has 22 heavy (non-hydrogen) atoms. The van der Waals surface area contributed by atoms with Crippen LogP contribution in [0, 0.1) is 11.3 Å². The molecule has 7 heteroatoms. The van der Waals surface area contributed by atoms with E-state index in [1.54, 1.807) is 0 Å². The normalized spacial score (nSPS) is 10.4. The molecule has 0 aliphatic rings. The summed E-state index contributed by atoms with van der Waals surface area (Å²) in [6.45, 7) is 3.66. The van der Waals surface area contributed by atoms with E-state index in [1.165, 1.54) is 0 Å². The highest BCUT2D eigenvalue weighted by Gasteiger charge is 2.16. The molecule has 0 bridgehead atoms. The van der Waals surface area contributed by atoms with Crippen LogP contribution in [0.3, 0.4) is 0 Å². The van der Waals surface area contributed by atoms with Crippen LogP contribution in [0.15, 0.2) is 26.3 Å². The van der Waals surface area contributed by atoms with Gasteiger partial charge in [0.05, 0.1) is 5.69 Å². The van der Waals surface area contributed by atoms with Gasteiger partial charge in [0.15, 0.2) is 5.75 Å². The van der Waals surface area contributed by atoms with Gasteiger partial charge in [0, 0.05) is 6.07 Å². The monoisotopic (exact) mass is 301 g/mol. The summed E-state index contributed by atoms with van der Waals surface area (Å²) < 4.78 is 6.17. The third kappa shape index (κ3) is 2.76. The predicted molar refractivity (Wildman–Crippen MR) is 77.7 cm³/mol. The third-order valence-corrected chi connectivity index (χ3v) is 3.31. The number of nitriles is 1. The maximum Gasteiger partial charge on any atom is 0.285 e. The zero-order valence-corrected chi connectivity index (χ0v) is 12.3. The largest absolute Gasteiger partial charge is 0.502 e. The van der Waals surface area contributed by atoms with Crippen LogP contribution in [0.5, 0.6) is 5.75 Å². The molecule has 0 amide bonds. The lowest BCUT2D eigenvalue weighted by molar-refractivity contribution is 0.401. The van der Waals surface area contributed by atoms with Crippen LogP contribution in [0.2, 0.25) is 0 Å². The molecule has 0 unspecified atom stereocenters. The van der Waals surface area contributed by atoms with Crippen molar-refractivity contribution in [3.8, 4) is 11.8 Å². The van der Waals surface area contributed by atoms with Crippen molar-refractivity contribution in [3.63, 3.8) is 0 Å². The van der Waals surface area contributed by atoms with Gasteiger partial charge in [0.2, 0.25) is 5.43 Å². The minimum Gasteiger partial charge on any atom is -0.502 e. The van der Waals surface area contributed by atoms with Crippen LogP contribution in [0.1, 0.15) is 36.4 Å². The van der Waals surface area contributed by atoms with Gasteiger partial charge >= 0.3 is 0 Å². The summed E-state index contributed by atoms with van der Waals surface area (Å²) in [6.07, 6.45) is 2.04. The molecule has 7 nitrogen and oxygen atoms in total. The van der Waals surface area contributed by atoms with Crippen molar-refractivity contribution >= 4 is 0 Å². The van der Waals surface area contributed by atoms with E-state index in [4.69, 9.17) is 9.52 Å². The molecule has 0 aromatic carbocycles. The number of hydrogen-bond acceptors (Lipinski definition) is 6. The molecule has 1 N–H and O–H groups in total. The van der Waals surface area contributed by atoms with Crippen LogP contribution in [0.25, 0.3) is 0 Å². The minimum atomic E-state index is -0.601. The van der Waals surface area contributed by atoms with Crippen LogP contribution in [-0.2, 0) is 19.4 Å². The number of rotatable bonds is 4. The Hall–Kier alpha value is -2.88. The average Bonchev–Trinajstić information content (AvgIpc) is 2.52. The molecule has 0 aliphatic heterocycles. The Labute approximate surface area is 126 Å². The van der Waals surface area contributed by atoms with Crippen molar-refractivity contribution in [3.05, 3.63) is 55.5 Å². The lowest BCUT2D eigenvalue weighted by Gasteiger charge is -2.11. The molecule has 0 saturated heterocycles. The minimum absolute atomic E-state index is 0.0653. The van der Waals surface area contributed by atoms with E-state index in [2.05, 4.69) is 5.10 Å². The second kappa shape index (κ2) is 6.26. The second-order valence-electron chi connectivity index (χ2n) is 4.68. The first-order valence-electron chi connectivity index (χ1n) is 6.85. The molecule has 0 saturated carbocycles. The van der Waals surface area contributed by atoms with Gasteiger partial charge in [-0.2, -0.15) is 10.4 Å². The highest BCUT2D eigenvalue weighted by atomic mass is 16.4. The number of aryl methyl sites for hydroxylation is 1. The molecule has 0 radical (unpaired) electrons. The summed E-state index contributed by atoms with van der Waals surface area (Å²) in [5.41, 5.74) is 0.261. The first-order chi connectivity index (χ1) is 10.5. The van der Waals surface area contributed by atoms with E-state index >= 15 is 0 Å². The maximum absolute atomic E-state index is 12.3. The summed E-state index contributed by atoms with van der Waals surface area (Å²) in [6, 6.07) is 3.02. The summed E-state index contributed by atoms with van der Waals surface area (Å²) in [7, 11) is 0. The summed E-state index contributed by atoms with van der Waals surface area (Å²) in [5.74, 6) is -0.329. The highest BCUT2D eigenvalue weighted by Crippen LogP contribution is 2.11. The second-order valence-corrected chi connectivity index (χ2v) is 4.68. The van der Waals surface area contributed by atoms with Crippen molar-refractivity contribution in [1.29, 1.82) is 5.26 Å². The Morgan fingerprint density at radius 2 is 2.09 bits per heavy atom. The lowest BCUT2D eigenvalue weighted by Crippen LogP contribution is -2.29. The average molecular weight is 301 g/mol. The van der Waals surface area contributed by atoms with Gasteiger partial charge in [-0.3, -0.25) is 9.59 Å². The summed E-state index contributed by atoms with van der Waals surface area (Å²) >= 11 is 0. The fourth-order valence-electron chi connectivity index (χ4n) is 2.22. The molecule has 114 valence electrons. The lowest BCUT2D eigenvalue weighted by atomic mass is 10.0. The number of hydrogen-bond donors (Lipinski definition) is 1. The van der Waals surface area contributed by atoms with Gasteiger partial charge in [0.25, 0.3) is 5.56 Å². The van der Waals surface area contributed by atoms with E-state index in [1.807, 2.05) is 19.9 Å². The van der Waals surface area contributed by atoms with Gasteiger partial charge in [-0.15, -0.1) is 0 Å². The predicted octanol–water partition coefficient (Wildman–Crippen LogP) is 0.947. The molecule has 0 atom stereocenters. The molecular weight excluding hydrogens is 286 g/mol. The highest BCUT2D eigenvalue weighted by molar-refractivity contribution is 5.38. The zero-order chi connectivity index (χ0) is 16.3. The molecule has 2 heterocycles. The van der Waals surface area contributed by atoms with E-state index < -0.39 is 16.7 Å². The van der Waals surface area contributed by atoms with Crippen molar-refractivity contribution in [2.75, 3.05) is 0 Å². The Balaban J connectivity index is 2.56. The molecule has 0 fully saturated rings. The summed E-state index contributed by atoms with van der Waals surface area (Å²) in [5, 5.41) is 22.6. The zero-order valence-electron chi connectivity index (χ0n) is 12.3. The van der Waals surface area contributed by atoms with E-state index in [0.717, 1.165) is 17.0 Å². The molecule has 0 aliphatic carbocycles. The van der Waals surface area contributed by atoms with E-state index in [9.17, 15) is 14.9 Å². The Morgan fingerprint density at radius 1 is 1.36 bits per heavy atom. The molecule has 0 spiro atoms. The Morgan fingerprint density at radius 3 is 2.64 bits per heavy atom. The SMILES string of the molecule is CCc1nn(Cc2cc(=O)c(O)co2)c(=O)c(C#N)c1CC. The van der Waals surface area contributed by atoms with Crippen molar-refractivity contribution in [2.24, 2.45) is 0 Å². The number of aromatic nitrogens is 2. The molecule has 2 aromatic rings. The van der Waals surface area contributed by atoms with Crippen LogP contribution in [-0.4, -0.2) is 14.9 Å². The van der Waals surface area contributed by atoms with E-state index in [0.29, 0.717) is 24.1 Å². The van der Waals surface area contributed by atoms with Crippen molar-refractivity contribution < 1.29 is 9.52 Å².